The highest BCUT2D eigenvalue weighted by molar-refractivity contribution is 6.30. The summed E-state index contributed by atoms with van der Waals surface area (Å²) in [4.78, 5) is 15.4. The number of nitriles is 1. The third-order valence-corrected chi connectivity index (χ3v) is 2.29. The summed E-state index contributed by atoms with van der Waals surface area (Å²) in [6.45, 7) is 0. The molecule has 0 N–H and O–H groups in total. The second-order valence-corrected chi connectivity index (χ2v) is 3.76. The fourth-order valence-electron chi connectivity index (χ4n) is 1.23. The highest BCUT2D eigenvalue weighted by atomic mass is 35.5. The zero-order chi connectivity index (χ0) is 13.0. The van der Waals surface area contributed by atoms with E-state index in [1.54, 1.807) is 18.2 Å². The average Bonchev–Trinajstić information content (AvgIpc) is 2.39. The zero-order valence-corrected chi connectivity index (χ0v) is 9.81. The predicted octanol–water partition coefficient (Wildman–Crippen LogP) is 2.63. The first-order valence-electron chi connectivity index (χ1n) is 4.95. The molecule has 0 atom stereocenters. The Bertz CT molecular complexity index is 618. The Hall–Kier alpha value is -2.38. The zero-order valence-electron chi connectivity index (χ0n) is 9.05. The number of hydrogen-bond acceptors (Lipinski definition) is 4. The van der Waals surface area contributed by atoms with Crippen LogP contribution in [0.2, 0.25) is 5.02 Å². The van der Waals surface area contributed by atoms with Gasteiger partial charge in [0.2, 0.25) is 5.88 Å². The van der Waals surface area contributed by atoms with Crippen molar-refractivity contribution >= 4 is 17.6 Å². The molecule has 1 aromatic heterocycles. The lowest BCUT2D eigenvalue weighted by molar-refractivity contribution is 0.0727. The van der Waals surface area contributed by atoms with Gasteiger partial charge < -0.3 is 4.74 Å². The molecule has 0 fully saturated rings. The molecule has 0 aliphatic rings. The van der Waals surface area contributed by atoms with E-state index < -0.39 is 5.97 Å². The van der Waals surface area contributed by atoms with Crippen LogP contribution in [0.25, 0.3) is 0 Å². The van der Waals surface area contributed by atoms with E-state index in [2.05, 4.69) is 11.2 Å². The molecule has 0 saturated heterocycles. The maximum Gasteiger partial charge on any atom is 0.344 e. The van der Waals surface area contributed by atoms with Crippen molar-refractivity contribution in [2.45, 2.75) is 0 Å². The Balaban J connectivity index is 2.14. The molecule has 2 rings (SSSR count). The van der Waals surface area contributed by atoms with Gasteiger partial charge in [-0.1, -0.05) is 17.7 Å². The van der Waals surface area contributed by atoms with Gasteiger partial charge in [0.05, 0.1) is 11.1 Å². The fraction of sp³-hybridized carbons (Fsp3) is 0. The fourth-order valence-corrected chi connectivity index (χ4v) is 1.42. The first-order chi connectivity index (χ1) is 8.69. The van der Waals surface area contributed by atoms with Gasteiger partial charge in [0, 0.05) is 11.1 Å². The van der Waals surface area contributed by atoms with Crippen molar-refractivity contribution in [2.75, 3.05) is 0 Å². The van der Waals surface area contributed by atoms with E-state index in [1.807, 2.05) is 6.07 Å². The Morgan fingerprint density at radius 3 is 2.83 bits per heavy atom. The van der Waals surface area contributed by atoms with E-state index >= 15 is 0 Å². The third kappa shape index (κ3) is 2.84. The normalized spacial score (nSPS) is 9.56. The van der Waals surface area contributed by atoms with E-state index in [4.69, 9.17) is 21.6 Å². The van der Waals surface area contributed by atoms with Gasteiger partial charge in [-0.15, -0.1) is 0 Å². The van der Waals surface area contributed by atoms with Gasteiger partial charge in [-0.2, -0.15) is 5.26 Å². The second kappa shape index (κ2) is 5.30. The summed E-state index contributed by atoms with van der Waals surface area (Å²) in [5, 5.41) is 9.02. The van der Waals surface area contributed by atoms with Crippen LogP contribution in [0.3, 0.4) is 0 Å². The number of hydrogen-bond donors (Lipinski definition) is 0. The lowest BCUT2D eigenvalue weighted by atomic mass is 10.2. The van der Waals surface area contributed by atoms with Gasteiger partial charge in [0.1, 0.15) is 12.3 Å². The Kier molecular flexibility index (Phi) is 3.56. The molecule has 87 valence electrons. The summed E-state index contributed by atoms with van der Waals surface area (Å²) in [7, 11) is 0. The van der Waals surface area contributed by atoms with E-state index in [-0.39, 0.29) is 11.4 Å². The van der Waals surface area contributed by atoms with E-state index in [0.29, 0.717) is 10.6 Å². The van der Waals surface area contributed by atoms with Crippen molar-refractivity contribution < 1.29 is 9.53 Å². The number of rotatable bonds is 2. The number of carbonyl (C=O) groups excluding carboxylic acids is 1. The highest BCUT2D eigenvalue weighted by Gasteiger charge is 2.09. The summed E-state index contributed by atoms with van der Waals surface area (Å²) in [5.41, 5.74) is 0.603. The average molecular weight is 258 g/mol. The molecular formula is C13H6ClN2O2. The third-order valence-electron chi connectivity index (χ3n) is 2.06. The molecule has 0 spiro atoms. The smallest absolute Gasteiger partial charge is 0.344 e. The van der Waals surface area contributed by atoms with Crippen LogP contribution < -0.4 is 4.74 Å². The van der Waals surface area contributed by atoms with Crippen LogP contribution in [-0.2, 0) is 0 Å². The van der Waals surface area contributed by atoms with Gasteiger partial charge in [0.15, 0.2) is 0 Å². The molecule has 1 aromatic carbocycles. The predicted molar refractivity (Wildman–Crippen MR) is 64.2 cm³/mol. The second-order valence-electron chi connectivity index (χ2n) is 3.32. The molecular weight excluding hydrogens is 252 g/mol. The van der Waals surface area contributed by atoms with Gasteiger partial charge in [-0.25, -0.2) is 9.78 Å². The van der Waals surface area contributed by atoms with Gasteiger partial charge in [-0.3, -0.25) is 0 Å². The van der Waals surface area contributed by atoms with Gasteiger partial charge in [-0.05, 0) is 24.3 Å². The van der Waals surface area contributed by atoms with Crippen molar-refractivity contribution in [3.63, 3.8) is 0 Å². The number of esters is 1. The Morgan fingerprint density at radius 1 is 1.39 bits per heavy atom. The van der Waals surface area contributed by atoms with Crippen LogP contribution in [0, 0.1) is 17.5 Å². The topological polar surface area (TPSA) is 63.0 Å². The molecule has 2 aromatic rings. The monoisotopic (exact) mass is 257 g/mol. The molecule has 0 saturated carbocycles. The van der Waals surface area contributed by atoms with Crippen molar-refractivity contribution in [1.82, 2.24) is 4.98 Å². The maximum atomic E-state index is 11.7. The molecule has 1 radical (unpaired) electrons. The van der Waals surface area contributed by atoms with Crippen LogP contribution in [0.5, 0.6) is 5.88 Å². The van der Waals surface area contributed by atoms with Crippen LogP contribution in [0.15, 0.2) is 36.4 Å². The van der Waals surface area contributed by atoms with Gasteiger partial charge in [0.25, 0.3) is 0 Å². The van der Waals surface area contributed by atoms with Crippen LogP contribution >= 0.6 is 11.6 Å². The minimum absolute atomic E-state index is 0.0824. The number of halogens is 1. The van der Waals surface area contributed by atoms with Crippen molar-refractivity contribution in [3.05, 3.63) is 58.7 Å². The molecule has 0 aliphatic heterocycles. The molecule has 0 unspecified atom stereocenters. The summed E-state index contributed by atoms with van der Waals surface area (Å²) in [6.07, 6.45) is 2.44. The number of carbonyl (C=O) groups is 1. The molecule has 0 amide bonds. The summed E-state index contributed by atoms with van der Waals surface area (Å²) in [6, 6.07) is 11.2. The van der Waals surface area contributed by atoms with E-state index in [1.165, 1.54) is 18.2 Å². The van der Waals surface area contributed by atoms with Gasteiger partial charge >= 0.3 is 5.97 Å². The summed E-state index contributed by atoms with van der Waals surface area (Å²) < 4.78 is 5.01. The van der Waals surface area contributed by atoms with Crippen LogP contribution in [-0.4, -0.2) is 11.0 Å². The quantitative estimate of drug-likeness (QED) is 0.776. The maximum absolute atomic E-state index is 11.7. The molecule has 4 nitrogen and oxygen atoms in total. The van der Waals surface area contributed by atoms with Crippen molar-refractivity contribution in [2.24, 2.45) is 0 Å². The van der Waals surface area contributed by atoms with E-state index in [0.717, 1.165) is 0 Å². The molecule has 0 aliphatic carbocycles. The lowest BCUT2D eigenvalue weighted by Crippen LogP contribution is -2.09. The standard InChI is InChI=1S/C13H6ClN2O2/c14-11-3-1-2-10(6-11)13(17)18-12-5-4-9(7-15)8-16-12/h1-6H. The number of pyridine rings is 1. The Morgan fingerprint density at radius 2 is 2.22 bits per heavy atom. The Labute approximate surface area is 108 Å². The molecule has 0 bridgehead atoms. The first kappa shape index (κ1) is 12.1. The van der Waals surface area contributed by atoms with Crippen LogP contribution in [0.1, 0.15) is 15.9 Å². The minimum Gasteiger partial charge on any atom is -0.404 e. The van der Waals surface area contributed by atoms with Crippen molar-refractivity contribution in [1.29, 1.82) is 5.26 Å². The van der Waals surface area contributed by atoms with E-state index in [9.17, 15) is 4.79 Å². The van der Waals surface area contributed by atoms with Crippen LogP contribution in [0.4, 0.5) is 0 Å². The largest absolute Gasteiger partial charge is 0.404 e. The summed E-state index contributed by atoms with van der Waals surface area (Å²) >= 11 is 5.77. The lowest BCUT2D eigenvalue weighted by Gasteiger charge is -2.03. The molecule has 1 heterocycles. The number of aromatic nitrogens is 1. The highest BCUT2D eigenvalue weighted by Crippen LogP contribution is 2.13. The van der Waals surface area contributed by atoms with Crippen molar-refractivity contribution in [3.8, 4) is 11.9 Å². The number of nitrogens with zero attached hydrogens (tertiary/aromatic N) is 2. The number of ether oxygens (including phenoxy) is 1. The first-order valence-corrected chi connectivity index (χ1v) is 5.33. The molecule has 5 heteroatoms. The minimum atomic E-state index is -0.567. The number of benzene rings is 1. The molecule has 18 heavy (non-hydrogen) atoms. The summed E-state index contributed by atoms with van der Waals surface area (Å²) in [5.74, 6) is -0.484. The SMILES string of the molecule is N#Cc1[c]nc(OC(=O)c2cccc(Cl)c2)cc1.